The lowest BCUT2D eigenvalue weighted by Crippen LogP contribution is -2.11. The Morgan fingerprint density at radius 2 is 0.873 bits per heavy atom. The highest BCUT2D eigenvalue weighted by Crippen LogP contribution is 2.46. The molecule has 9 aromatic carbocycles. The van der Waals surface area contributed by atoms with Gasteiger partial charge in [0.2, 0.25) is 0 Å². The Labute approximate surface area is 327 Å². The standard InChI is InChI=1S/C52H33NS2/c1-2-13-35-30-37(27-26-34(35)12-1)36-14-9-16-40(31-36)53(41-17-10-15-38(32-41)43-21-11-22-47-45-20-5-8-25-50(45)55-52(43)47)48-23-6-3-18-42(48)39-28-29-46-44-19-4-7-24-49(44)54-51(46)33-39/h1-33H. The molecule has 0 atom stereocenters. The van der Waals surface area contributed by atoms with E-state index in [0.29, 0.717) is 0 Å². The van der Waals surface area contributed by atoms with Crippen LogP contribution in [0, 0.1) is 0 Å². The van der Waals surface area contributed by atoms with Crippen LogP contribution in [0.5, 0.6) is 0 Å². The first-order valence-electron chi connectivity index (χ1n) is 18.7. The normalized spacial score (nSPS) is 11.6. The second-order valence-corrected chi connectivity index (χ2v) is 16.2. The Kier molecular flexibility index (Phi) is 7.61. The zero-order valence-electron chi connectivity index (χ0n) is 29.8. The molecular formula is C52H33NS2. The van der Waals surface area contributed by atoms with E-state index in [0.717, 1.165) is 17.1 Å². The van der Waals surface area contributed by atoms with Crippen LogP contribution in [0.3, 0.4) is 0 Å². The highest BCUT2D eigenvalue weighted by Gasteiger charge is 2.20. The maximum atomic E-state index is 2.45. The van der Waals surface area contributed by atoms with Gasteiger partial charge in [0.05, 0.1) is 5.69 Å². The summed E-state index contributed by atoms with van der Waals surface area (Å²) in [4.78, 5) is 2.45. The molecule has 0 aliphatic heterocycles. The van der Waals surface area contributed by atoms with Crippen molar-refractivity contribution in [2.24, 2.45) is 0 Å². The molecule has 1 nitrogen and oxygen atoms in total. The van der Waals surface area contributed by atoms with Crippen molar-refractivity contribution in [3.05, 3.63) is 200 Å². The topological polar surface area (TPSA) is 3.24 Å². The second-order valence-electron chi connectivity index (χ2n) is 14.1. The monoisotopic (exact) mass is 735 g/mol. The van der Waals surface area contributed by atoms with Crippen molar-refractivity contribution < 1.29 is 0 Å². The quantitative estimate of drug-likeness (QED) is 0.164. The second kappa shape index (κ2) is 13.1. The summed E-state index contributed by atoms with van der Waals surface area (Å²) in [6.45, 7) is 0. The molecule has 2 aromatic heterocycles. The number of fused-ring (bicyclic) bond motifs is 7. The molecule has 258 valence electrons. The molecule has 0 aliphatic carbocycles. The molecule has 0 radical (unpaired) electrons. The SMILES string of the molecule is c1cc(-c2ccc3ccccc3c2)cc(N(c2cccc(-c3cccc4c3sc3ccccc34)c2)c2ccccc2-c2ccc3c(c2)sc2ccccc23)c1. The molecule has 0 aliphatic rings. The molecule has 0 fully saturated rings. The number of anilines is 3. The summed E-state index contributed by atoms with van der Waals surface area (Å²) < 4.78 is 5.26. The predicted molar refractivity (Wildman–Crippen MR) is 241 cm³/mol. The van der Waals surface area contributed by atoms with Crippen molar-refractivity contribution in [2.75, 3.05) is 4.90 Å². The van der Waals surface area contributed by atoms with Crippen molar-refractivity contribution in [1.82, 2.24) is 0 Å². The summed E-state index contributed by atoms with van der Waals surface area (Å²) in [5.41, 5.74) is 10.6. The number of rotatable bonds is 6. The molecule has 2 heterocycles. The summed E-state index contributed by atoms with van der Waals surface area (Å²) in [5.74, 6) is 0. The van der Waals surface area contributed by atoms with E-state index in [2.05, 4.69) is 205 Å². The van der Waals surface area contributed by atoms with E-state index in [4.69, 9.17) is 0 Å². The van der Waals surface area contributed by atoms with Gasteiger partial charge in [0.15, 0.2) is 0 Å². The molecule has 11 aromatic rings. The molecule has 55 heavy (non-hydrogen) atoms. The van der Waals surface area contributed by atoms with Crippen LogP contribution < -0.4 is 4.90 Å². The van der Waals surface area contributed by atoms with Crippen LogP contribution in [0.2, 0.25) is 0 Å². The van der Waals surface area contributed by atoms with Gasteiger partial charge in [-0.05, 0) is 93.2 Å². The van der Waals surface area contributed by atoms with Crippen LogP contribution in [0.25, 0.3) is 84.5 Å². The molecule has 11 rings (SSSR count). The fourth-order valence-corrected chi connectivity index (χ4v) is 10.6. The first-order chi connectivity index (χ1) is 27.2. The summed E-state index contributed by atoms with van der Waals surface area (Å²) in [6, 6.07) is 73.5. The van der Waals surface area contributed by atoms with Crippen molar-refractivity contribution >= 4 is 90.9 Å². The van der Waals surface area contributed by atoms with Gasteiger partial charge in [-0.1, -0.05) is 146 Å². The van der Waals surface area contributed by atoms with E-state index in [-0.39, 0.29) is 0 Å². The van der Waals surface area contributed by atoms with E-state index in [1.165, 1.54) is 84.5 Å². The molecule has 0 N–H and O–H groups in total. The predicted octanol–water partition coefficient (Wildman–Crippen LogP) is 16.0. The number of hydrogen-bond donors (Lipinski definition) is 0. The maximum absolute atomic E-state index is 2.45. The Bertz CT molecular complexity index is 3240. The smallest absolute Gasteiger partial charge is 0.0540 e. The van der Waals surface area contributed by atoms with Gasteiger partial charge in [0, 0.05) is 57.3 Å². The van der Waals surface area contributed by atoms with Gasteiger partial charge >= 0.3 is 0 Å². The lowest BCUT2D eigenvalue weighted by atomic mass is 9.98. The summed E-state index contributed by atoms with van der Waals surface area (Å²) in [6.07, 6.45) is 0. The number of benzene rings is 9. The zero-order valence-corrected chi connectivity index (χ0v) is 31.4. The maximum Gasteiger partial charge on any atom is 0.0540 e. The third-order valence-electron chi connectivity index (χ3n) is 10.8. The van der Waals surface area contributed by atoms with Gasteiger partial charge in [0.25, 0.3) is 0 Å². The van der Waals surface area contributed by atoms with Crippen molar-refractivity contribution in [2.45, 2.75) is 0 Å². The van der Waals surface area contributed by atoms with Crippen molar-refractivity contribution in [1.29, 1.82) is 0 Å². The van der Waals surface area contributed by atoms with Crippen molar-refractivity contribution in [3.63, 3.8) is 0 Å². The lowest BCUT2D eigenvalue weighted by Gasteiger charge is -2.29. The first kappa shape index (κ1) is 32.0. The van der Waals surface area contributed by atoms with Crippen LogP contribution >= 0.6 is 22.7 Å². The average Bonchev–Trinajstić information content (AvgIpc) is 3.82. The number of para-hydroxylation sites is 1. The highest BCUT2D eigenvalue weighted by atomic mass is 32.1. The van der Waals surface area contributed by atoms with Crippen LogP contribution in [-0.2, 0) is 0 Å². The summed E-state index contributed by atoms with van der Waals surface area (Å²) >= 11 is 3.75. The Morgan fingerprint density at radius 3 is 1.73 bits per heavy atom. The van der Waals surface area contributed by atoms with E-state index >= 15 is 0 Å². The first-order valence-corrected chi connectivity index (χ1v) is 20.3. The van der Waals surface area contributed by atoms with Gasteiger partial charge in [-0.3, -0.25) is 0 Å². The average molecular weight is 736 g/mol. The Balaban J connectivity index is 1.11. The fraction of sp³-hybridized carbons (Fsp3) is 0. The molecule has 0 amide bonds. The third-order valence-corrected chi connectivity index (χ3v) is 13.2. The number of nitrogens with zero attached hydrogens (tertiary/aromatic N) is 1. The minimum atomic E-state index is 1.11. The fourth-order valence-electron chi connectivity index (χ4n) is 8.21. The van der Waals surface area contributed by atoms with Crippen LogP contribution in [0.1, 0.15) is 0 Å². The van der Waals surface area contributed by atoms with E-state index < -0.39 is 0 Å². The van der Waals surface area contributed by atoms with E-state index in [1.54, 1.807) is 0 Å². The van der Waals surface area contributed by atoms with Gasteiger partial charge in [-0.15, -0.1) is 22.7 Å². The Hall–Kier alpha value is -6.52. The van der Waals surface area contributed by atoms with Crippen LogP contribution in [0.15, 0.2) is 200 Å². The lowest BCUT2D eigenvalue weighted by molar-refractivity contribution is 1.28. The zero-order chi connectivity index (χ0) is 36.3. The Morgan fingerprint density at radius 1 is 0.309 bits per heavy atom. The minimum absolute atomic E-state index is 1.11. The van der Waals surface area contributed by atoms with Gasteiger partial charge in [-0.25, -0.2) is 0 Å². The summed E-state index contributed by atoms with van der Waals surface area (Å²) in [5, 5.41) is 7.75. The van der Waals surface area contributed by atoms with E-state index in [1.807, 2.05) is 22.7 Å². The largest absolute Gasteiger partial charge is 0.310 e. The molecule has 0 spiro atoms. The van der Waals surface area contributed by atoms with Gasteiger partial charge < -0.3 is 4.90 Å². The van der Waals surface area contributed by atoms with Gasteiger partial charge in [-0.2, -0.15) is 0 Å². The number of hydrogen-bond acceptors (Lipinski definition) is 3. The summed E-state index contributed by atoms with van der Waals surface area (Å²) in [7, 11) is 0. The molecule has 0 bridgehead atoms. The third kappa shape index (κ3) is 5.51. The minimum Gasteiger partial charge on any atom is -0.310 e. The molecule has 0 saturated carbocycles. The molecule has 0 unspecified atom stereocenters. The molecular weight excluding hydrogens is 703 g/mol. The highest BCUT2D eigenvalue weighted by molar-refractivity contribution is 7.26. The van der Waals surface area contributed by atoms with Gasteiger partial charge in [0.1, 0.15) is 0 Å². The molecule has 0 saturated heterocycles. The van der Waals surface area contributed by atoms with E-state index in [9.17, 15) is 0 Å². The molecule has 3 heteroatoms. The number of thiophene rings is 2. The van der Waals surface area contributed by atoms with Crippen LogP contribution in [0.4, 0.5) is 17.1 Å². The van der Waals surface area contributed by atoms with Crippen LogP contribution in [-0.4, -0.2) is 0 Å². The van der Waals surface area contributed by atoms with Crippen molar-refractivity contribution in [3.8, 4) is 33.4 Å².